The maximum atomic E-state index is 12.2. The molecule has 35 heavy (non-hydrogen) atoms. The molecule has 0 radical (unpaired) electrons. The fourth-order valence-corrected chi connectivity index (χ4v) is 5.58. The van der Waals surface area contributed by atoms with Crippen molar-refractivity contribution in [3.63, 3.8) is 0 Å². The highest BCUT2D eigenvalue weighted by molar-refractivity contribution is 9.09. The van der Waals surface area contributed by atoms with Crippen LogP contribution in [0.15, 0.2) is 0 Å². The first kappa shape index (κ1) is 34.9. The third kappa shape index (κ3) is 21.7. The highest BCUT2D eigenvalue weighted by Gasteiger charge is 2.32. The van der Waals surface area contributed by atoms with Crippen molar-refractivity contribution in [3.05, 3.63) is 0 Å². The Bertz CT molecular complexity index is 455. The van der Waals surface area contributed by atoms with Gasteiger partial charge < -0.3 is 9.47 Å². The van der Waals surface area contributed by atoms with Gasteiger partial charge in [-0.2, -0.15) is 0 Å². The predicted octanol–water partition coefficient (Wildman–Crippen LogP) is 9.69. The number of carbonyl (C=O) groups excluding carboxylic acids is 2. The van der Waals surface area contributed by atoms with E-state index in [9.17, 15) is 9.59 Å². The topological polar surface area (TPSA) is 52.6 Å². The smallest absolute Gasteiger partial charge is 0.305 e. The van der Waals surface area contributed by atoms with Crippen molar-refractivity contribution in [2.75, 3.05) is 23.9 Å². The van der Waals surface area contributed by atoms with Crippen LogP contribution < -0.4 is 0 Å². The van der Waals surface area contributed by atoms with E-state index in [1.807, 2.05) is 0 Å². The molecule has 0 amide bonds. The number of halogens is 2. The number of carbonyl (C=O) groups is 2. The molecule has 0 bridgehead atoms. The number of alkyl halides is 2. The molecule has 0 aliphatic carbocycles. The minimum atomic E-state index is -0.428. The van der Waals surface area contributed by atoms with Gasteiger partial charge in [-0.1, -0.05) is 148 Å². The van der Waals surface area contributed by atoms with Gasteiger partial charge in [0.05, 0.1) is 5.41 Å². The van der Waals surface area contributed by atoms with Crippen LogP contribution >= 0.6 is 31.9 Å². The average molecular weight is 627 g/mol. The molecule has 0 saturated heterocycles. The fourth-order valence-electron chi connectivity index (χ4n) is 4.00. The molecule has 0 aromatic carbocycles. The van der Waals surface area contributed by atoms with Gasteiger partial charge in [-0.05, 0) is 12.8 Å². The molecule has 208 valence electrons. The Morgan fingerprint density at radius 3 is 1.09 bits per heavy atom. The Balaban J connectivity index is 3.92. The number of unbranched alkanes of at least 4 members (excludes halogenated alkanes) is 16. The van der Waals surface area contributed by atoms with E-state index in [0.717, 1.165) is 25.7 Å². The molecule has 0 spiro atoms. The van der Waals surface area contributed by atoms with Crippen LogP contribution in [-0.4, -0.2) is 35.8 Å². The van der Waals surface area contributed by atoms with Gasteiger partial charge in [-0.15, -0.1) is 0 Å². The van der Waals surface area contributed by atoms with E-state index in [4.69, 9.17) is 9.47 Å². The van der Waals surface area contributed by atoms with Gasteiger partial charge in [0.15, 0.2) is 0 Å². The van der Waals surface area contributed by atoms with Crippen LogP contribution in [0.3, 0.4) is 0 Å². The SMILES string of the molecule is CCCCCCCCCCCC(=O)OCC(CBr)(CBr)COC(=O)CCCCCCCCCCC. The number of hydrogen-bond acceptors (Lipinski definition) is 4. The van der Waals surface area contributed by atoms with Gasteiger partial charge in [0.2, 0.25) is 0 Å². The highest BCUT2D eigenvalue weighted by Crippen LogP contribution is 2.25. The summed E-state index contributed by atoms with van der Waals surface area (Å²) in [6, 6.07) is 0. The van der Waals surface area contributed by atoms with Crippen molar-refractivity contribution < 1.29 is 19.1 Å². The lowest BCUT2D eigenvalue weighted by Crippen LogP contribution is -2.37. The molecule has 0 aromatic rings. The minimum Gasteiger partial charge on any atom is -0.465 e. The summed E-state index contributed by atoms with van der Waals surface area (Å²) in [5.41, 5.74) is -0.428. The van der Waals surface area contributed by atoms with E-state index in [2.05, 4.69) is 45.7 Å². The Morgan fingerprint density at radius 1 is 0.514 bits per heavy atom. The third-order valence-electron chi connectivity index (χ3n) is 6.61. The van der Waals surface area contributed by atoms with Crippen molar-refractivity contribution in [1.82, 2.24) is 0 Å². The van der Waals surface area contributed by atoms with Gasteiger partial charge in [0.25, 0.3) is 0 Å². The largest absolute Gasteiger partial charge is 0.465 e. The molecule has 4 nitrogen and oxygen atoms in total. The summed E-state index contributed by atoms with van der Waals surface area (Å²) in [7, 11) is 0. The summed E-state index contributed by atoms with van der Waals surface area (Å²) in [6.45, 7) is 4.99. The standard InChI is InChI=1S/C29H54Br2O4/c1-3-5-7-9-11-13-15-17-19-21-27(32)34-25-29(23-30,24-31)26-35-28(33)22-20-18-16-14-12-10-8-6-4-2/h3-26H2,1-2H3. The summed E-state index contributed by atoms with van der Waals surface area (Å²) >= 11 is 7.06. The van der Waals surface area contributed by atoms with Gasteiger partial charge >= 0.3 is 11.9 Å². The maximum Gasteiger partial charge on any atom is 0.305 e. The number of esters is 2. The second-order valence-corrected chi connectivity index (χ2v) is 11.4. The van der Waals surface area contributed by atoms with Crippen LogP contribution in [0.5, 0.6) is 0 Å². The summed E-state index contributed by atoms with van der Waals surface area (Å²) < 4.78 is 11.1. The van der Waals surface area contributed by atoms with Crippen LogP contribution in [0, 0.1) is 5.41 Å². The van der Waals surface area contributed by atoms with E-state index in [1.165, 1.54) is 89.9 Å². The predicted molar refractivity (Wildman–Crippen MR) is 156 cm³/mol. The van der Waals surface area contributed by atoms with Gasteiger partial charge in [0, 0.05) is 23.5 Å². The molecule has 0 aliphatic heterocycles. The second kappa shape index (κ2) is 25.5. The van der Waals surface area contributed by atoms with Gasteiger partial charge in [-0.25, -0.2) is 0 Å². The fraction of sp³-hybridized carbons (Fsp3) is 0.931. The highest BCUT2D eigenvalue weighted by atomic mass is 79.9. The van der Waals surface area contributed by atoms with Crippen molar-refractivity contribution in [1.29, 1.82) is 0 Å². The first-order chi connectivity index (χ1) is 17.0. The molecule has 0 saturated carbocycles. The molecular weight excluding hydrogens is 572 g/mol. The Hall–Kier alpha value is -0.100. The number of ether oxygens (including phenoxy) is 2. The lowest BCUT2D eigenvalue weighted by molar-refractivity contribution is -0.152. The van der Waals surface area contributed by atoms with Crippen molar-refractivity contribution in [2.45, 2.75) is 142 Å². The van der Waals surface area contributed by atoms with Crippen LogP contribution in [-0.2, 0) is 19.1 Å². The monoisotopic (exact) mass is 624 g/mol. The molecule has 0 atom stereocenters. The van der Waals surface area contributed by atoms with Crippen molar-refractivity contribution in [2.24, 2.45) is 5.41 Å². The van der Waals surface area contributed by atoms with Crippen LogP contribution in [0.1, 0.15) is 142 Å². The third-order valence-corrected chi connectivity index (χ3v) is 8.99. The molecule has 0 unspecified atom stereocenters. The minimum absolute atomic E-state index is 0.153. The Kier molecular flexibility index (Phi) is 25.5. The Labute approximate surface area is 233 Å². The van der Waals surface area contributed by atoms with Gasteiger partial charge in [-0.3, -0.25) is 9.59 Å². The molecule has 0 rings (SSSR count). The zero-order chi connectivity index (χ0) is 26.0. The van der Waals surface area contributed by atoms with Gasteiger partial charge in [0.1, 0.15) is 13.2 Å². The molecule has 6 heteroatoms. The zero-order valence-corrected chi connectivity index (χ0v) is 26.0. The molecule has 0 aromatic heterocycles. The van der Waals surface area contributed by atoms with E-state index in [0.29, 0.717) is 23.5 Å². The maximum absolute atomic E-state index is 12.2. The van der Waals surface area contributed by atoms with Crippen LogP contribution in [0.4, 0.5) is 0 Å². The molecule has 0 fully saturated rings. The van der Waals surface area contributed by atoms with E-state index in [-0.39, 0.29) is 25.2 Å². The van der Waals surface area contributed by atoms with E-state index in [1.54, 1.807) is 0 Å². The number of rotatable bonds is 26. The first-order valence-corrected chi connectivity index (χ1v) is 16.7. The van der Waals surface area contributed by atoms with E-state index < -0.39 is 5.41 Å². The average Bonchev–Trinajstić information content (AvgIpc) is 2.87. The summed E-state index contributed by atoms with van der Waals surface area (Å²) in [4.78, 5) is 24.4. The normalized spacial score (nSPS) is 11.5. The van der Waals surface area contributed by atoms with Crippen molar-refractivity contribution >= 4 is 43.8 Å². The molecule has 0 aliphatic rings. The number of hydrogen-bond donors (Lipinski definition) is 0. The second-order valence-electron chi connectivity index (χ2n) is 10.2. The van der Waals surface area contributed by atoms with E-state index >= 15 is 0 Å². The molecular formula is C29H54Br2O4. The molecule has 0 heterocycles. The lowest BCUT2D eigenvalue weighted by Gasteiger charge is -2.28. The quantitative estimate of drug-likeness (QED) is 0.0545. The lowest BCUT2D eigenvalue weighted by atomic mass is 9.96. The summed E-state index contributed by atoms with van der Waals surface area (Å²) in [6.07, 6.45) is 23.0. The molecule has 0 N–H and O–H groups in total. The summed E-state index contributed by atoms with van der Waals surface area (Å²) in [5, 5.41) is 1.20. The van der Waals surface area contributed by atoms with Crippen LogP contribution in [0.2, 0.25) is 0 Å². The Morgan fingerprint density at radius 2 is 0.800 bits per heavy atom. The summed E-state index contributed by atoms with van der Waals surface area (Å²) in [5.74, 6) is -0.305. The van der Waals surface area contributed by atoms with Crippen LogP contribution in [0.25, 0.3) is 0 Å². The zero-order valence-electron chi connectivity index (χ0n) is 22.9. The first-order valence-electron chi connectivity index (χ1n) is 14.5. The van der Waals surface area contributed by atoms with Crippen molar-refractivity contribution in [3.8, 4) is 0 Å².